The van der Waals surface area contributed by atoms with Crippen LogP contribution in [-0.4, -0.2) is 141 Å². The molecule has 0 amide bonds. The van der Waals surface area contributed by atoms with Gasteiger partial charge in [0.15, 0.2) is 0 Å². The number of hydrogen-bond donors (Lipinski definition) is 6. The highest BCUT2D eigenvalue weighted by atomic mass is 16.5. The second kappa shape index (κ2) is 40.3. The molecule has 13 heterocycles. The maximum atomic E-state index is 10.4. The number of nitrogens with one attached hydrogen (secondary N) is 1. The highest BCUT2D eigenvalue weighted by Crippen LogP contribution is 2.37. The van der Waals surface area contributed by atoms with Crippen LogP contribution in [0.1, 0.15) is 143 Å². The molecule has 3 aliphatic rings. The molecule has 0 aliphatic carbocycles. The first-order valence-electron chi connectivity index (χ1n) is 42.6. The summed E-state index contributed by atoms with van der Waals surface area (Å²) in [6.45, 7) is 33.0. The summed E-state index contributed by atoms with van der Waals surface area (Å²) in [6.07, 6.45) is 32.8. The Morgan fingerprint density at radius 2 is 0.640 bits per heavy atom. The average Bonchev–Trinajstić information content (AvgIpc) is 0.806. The number of phenolic OH excluding ortho intramolecular Hbond substituents is 5. The minimum Gasteiger partial charge on any atom is -0.505 e. The first kappa shape index (κ1) is 87.3. The lowest BCUT2D eigenvalue weighted by Crippen LogP contribution is -2.43. The molecular formula is C105H108N14O6. The summed E-state index contributed by atoms with van der Waals surface area (Å²) in [5.41, 5.74) is 24.4. The fourth-order valence-electron chi connectivity index (χ4n) is 15.7. The monoisotopic (exact) mass is 1660 g/mol. The summed E-state index contributed by atoms with van der Waals surface area (Å²) in [4.78, 5) is 52.3. The highest BCUT2D eigenvalue weighted by Gasteiger charge is 2.19. The van der Waals surface area contributed by atoms with Gasteiger partial charge in [-0.1, -0.05) is 97.1 Å². The van der Waals surface area contributed by atoms with Crippen LogP contribution < -0.4 is 20.0 Å². The number of ether oxygens (including phenoxy) is 1. The van der Waals surface area contributed by atoms with E-state index in [2.05, 4.69) is 100 Å². The molecule has 15 aromatic rings. The molecule has 10 aromatic heterocycles. The zero-order valence-electron chi connectivity index (χ0n) is 73.2. The summed E-state index contributed by atoms with van der Waals surface area (Å²) in [5.74, 6) is 4.34. The quantitative estimate of drug-likeness (QED) is 0.0627. The number of anilines is 3. The molecule has 5 aromatic carbocycles. The molecule has 20 heteroatoms. The maximum Gasteiger partial charge on any atom is 0.144 e. The van der Waals surface area contributed by atoms with Gasteiger partial charge in [-0.05, 0) is 296 Å². The third-order valence-corrected chi connectivity index (χ3v) is 22.8. The molecule has 0 bridgehead atoms. The van der Waals surface area contributed by atoms with Gasteiger partial charge in [-0.3, -0.25) is 9.97 Å². The molecule has 3 aliphatic heterocycles. The molecule has 3 saturated heterocycles. The Labute approximate surface area is 731 Å². The molecule has 0 atom stereocenters. The zero-order chi connectivity index (χ0) is 87.8. The van der Waals surface area contributed by atoms with Crippen molar-refractivity contribution in [3.05, 3.63) is 306 Å². The van der Waals surface area contributed by atoms with Crippen LogP contribution in [-0.2, 0) is 4.74 Å². The van der Waals surface area contributed by atoms with Gasteiger partial charge in [-0.25, -0.2) is 39.9 Å². The van der Waals surface area contributed by atoms with Crippen LogP contribution in [0.25, 0.3) is 115 Å². The van der Waals surface area contributed by atoms with E-state index in [1.54, 1.807) is 6.20 Å². The summed E-state index contributed by atoms with van der Waals surface area (Å²) < 4.78 is 5.38. The SMILES string of the molecule is Cc1cc(C)c2ccc(/C=C/c3ccc(N4CCNCC4)nc3)nc2c1O.Cc1cc(C)c2ccc(/C=C/c3ccc(N4CCOCC4)nc3)nc2c1O.Cc1cc(C)c2ccc(/C=C/c3cccnc3C)nc2c1O.Cc1cc(C)c2ccc(/C=C/c3cccnc3N3CCCCC3)nc2c1O.Cc1ccc(/C=C/c2ccc3c(C)cc(C)c(O)c3n2)cn1. The second-order valence-electron chi connectivity index (χ2n) is 32.2. The van der Waals surface area contributed by atoms with Gasteiger partial charge in [0.2, 0.25) is 0 Å². The van der Waals surface area contributed by atoms with Gasteiger partial charge in [-0.2, -0.15) is 0 Å². The number of benzene rings is 5. The lowest BCUT2D eigenvalue weighted by Gasteiger charge is -2.28. The summed E-state index contributed by atoms with van der Waals surface area (Å²) in [6, 6.07) is 50.1. The van der Waals surface area contributed by atoms with E-state index in [-0.39, 0.29) is 28.7 Å². The third-order valence-electron chi connectivity index (χ3n) is 22.8. The number of piperazine rings is 1. The van der Waals surface area contributed by atoms with E-state index in [0.29, 0.717) is 27.6 Å². The van der Waals surface area contributed by atoms with E-state index >= 15 is 0 Å². The number of rotatable bonds is 13. The highest BCUT2D eigenvalue weighted by molar-refractivity contribution is 5.94. The van der Waals surface area contributed by atoms with E-state index in [1.807, 2.05) is 290 Å². The van der Waals surface area contributed by atoms with E-state index in [9.17, 15) is 25.5 Å². The fraction of sp³-hybridized carbons (Fsp3) is 0.238. The topological polar surface area (TPSA) is 261 Å². The lowest BCUT2D eigenvalue weighted by atomic mass is 10.0. The van der Waals surface area contributed by atoms with Crippen molar-refractivity contribution >= 4 is 133 Å². The largest absolute Gasteiger partial charge is 0.505 e. The Bertz CT molecular complexity index is 6400. The van der Waals surface area contributed by atoms with Gasteiger partial charge in [-0.15, -0.1) is 0 Å². The number of aryl methyl sites for hydroxylation is 12. The molecule has 0 saturated carbocycles. The fourth-order valence-corrected chi connectivity index (χ4v) is 15.7. The molecule has 0 unspecified atom stereocenters. The molecule has 0 radical (unpaired) electrons. The Balaban J connectivity index is 0.000000127. The first-order chi connectivity index (χ1) is 60.5. The standard InChI is InChI=1S/C23H25N3O.C22H24N4O.C22H23N3O2.2C19H18N2O/c1-16-15-17(2)22(27)21-20(16)11-10-19(25-21)9-8-18-7-6-12-24-23(18)26-13-4-3-5-14-26;1-15-13-16(2)22(27)21-19(15)7-6-18(25-21)5-3-17-4-8-20(24-14-17)26-11-9-23-10-12-26;1-15-13-16(2)22(26)21-19(15)7-6-18(24-21)5-3-17-4-8-20(23-14-17)25-9-11-27-12-10-25;1-12-10-13(2)19(22)18-17(12)9-8-16(21-18)7-6-15-5-4-14(3)20-11-15;1-12-11-13(2)19(22)18-17(12)9-8-16(21-18)7-6-15-5-4-10-20-14(15)3/h6-12,15,27H,3-5,13-14H2,1-2H3;3-8,13-14,23,27H,9-12H2,1-2H3;3-8,13-14,26H,9-12H2,1-2H3;2*4-11,22H,1-3H3/b9-8+;2*5-3+;2*7-6+. The van der Waals surface area contributed by atoms with Gasteiger partial charge in [0.05, 0.1) is 41.7 Å². The molecular weight excluding hydrogens is 1550 g/mol. The van der Waals surface area contributed by atoms with Crippen molar-refractivity contribution in [2.45, 2.75) is 102 Å². The van der Waals surface area contributed by atoms with Crippen LogP contribution in [0.2, 0.25) is 0 Å². The Hall–Kier alpha value is -14.1. The molecule has 3 fully saturated rings. The van der Waals surface area contributed by atoms with Crippen LogP contribution >= 0.6 is 0 Å². The van der Waals surface area contributed by atoms with Crippen LogP contribution in [0.15, 0.2) is 183 Å². The van der Waals surface area contributed by atoms with Crippen molar-refractivity contribution in [3.63, 3.8) is 0 Å². The van der Waals surface area contributed by atoms with Crippen molar-refractivity contribution in [1.29, 1.82) is 0 Å². The number of morpholine rings is 1. The Morgan fingerprint density at radius 1 is 0.304 bits per heavy atom. The van der Waals surface area contributed by atoms with Crippen molar-refractivity contribution in [1.82, 2.24) is 55.2 Å². The Morgan fingerprint density at radius 3 is 0.992 bits per heavy atom. The molecule has 0 spiro atoms. The molecule has 18 rings (SSSR count). The summed E-state index contributed by atoms with van der Waals surface area (Å²) in [5, 5.41) is 59.8. The lowest BCUT2D eigenvalue weighted by molar-refractivity contribution is 0.122. The molecule has 634 valence electrons. The van der Waals surface area contributed by atoms with E-state index in [4.69, 9.17) is 4.74 Å². The minimum absolute atomic E-state index is 0.252. The molecule has 6 N–H and O–H groups in total. The van der Waals surface area contributed by atoms with Crippen LogP contribution in [0.5, 0.6) is 28.7 Å². The van der Waals surface area contributed by atoms with Crippen molar-refractivity contribution in [2.75, 3.05) is 80.3 Å². The van der Waals surface area contributed by atoms with Crippen LogP contribution in [0, 0.1) is 83.1 Å². The normalized spacial score (nSPS) is 13.7. The number of phenols is 5. The minimum atomic E-state index is 0.252. The number of hydrogen-bond acceptors (Lipinski definition) is 20. The summed E-state index contributed by atoms with van der Waals surface area (Å²) in [7, 11) is 0. The maximum absolute atomic E-state index is 10.4. The average molecular weight is 1660 g/mol. The number of pyridine rings is 10. The second-order valence-corrected chi connectivity index (χ2v) is 32.2. The number of aromatic hydroxyl groups is 5. The van der Waals surface area contributed by atoms with Crippen LogP contribution in [0.4, 0.5) is 17.5 Å². The number of fused-ring (bicyclic) bond motifs is 5. The van der Waals surface area contributed by atoms with Crippen molar-refractivity contribution in [2.24, 2.45) is 0 Å². The first-order valence-corrected chi connectivity index (χ1v) is 42.6. The zero-order valence-corrected chi connectivity index (χ0v) is 73.2. The van der Waals surface area contributed by atoms with E-state index < -0.39 is 0 Å². The smallest absolute Gasteiger partial charge is 0.144 e. The number of aromatic nitrogens is 10. The Kier molecular flexibility index (Phi) is 28.1. The van der Waals surface area contributed by atoms with Crippen molar-refractivity contribution in [3.8, 4) is 28.7 Å². The van der Waals surface area contributed by atoms with Gasteiger partial charge >= 0.3 is 0 Å². The third kappa shape index (κ3) is 21.5. The van der Waals surface area contributed by atoms with Gasteiger partial charge in [0.1, 0.15) is 73.8 Å². The predicted octanol–water partition coefficient (Wildman–Crippen LogP) is 21.5. The molecule has 125 heavy (non-hydrogen) atoms. The van der Waals surface area contributed by atoms with E-state index in [0.717, 1.165) is 233 Å². The number of piperidine rings is 1. The molecule has 20 nitrogen and oxygen atoms in total. The summed E-state index contributed by atoms with van der Waals surface area (Å²) >= 11 is 0. The van der Waals surface area contributed by atoms with Crippen molar-refractivity contribution < 1.29 is 30.3 Å². The van der Waals surface area contributed by atoms with Gasteiger partial charge in [0.25, 0.3) is 0 Å². The number of nitrogens with zero attached hydrogens (tertiary/aromatic N) is 13. The van der Waals surface area contributed by atoms with Crippen LogP contribution in [0.3, 0.4) is 0 Å². The van der Waals surface area contributed by atoms with E-state index in [1.165, 1.54) is 19.3 Å². The van der Waals surface area contributed by atoms with Gasteiger partial charge < -0.3 is 50.3 Å². The van der Waals surface area contributed by atoms with Gasteiger partial charge in [0, 0.05) is 127 Å². The predicted molar refractivity (Wildman–Crippen MR) is 514 cm³/mol.